The van der Waals surface area contributed by atoms with Crippen molar-refractivity contribution in [1.82, 2.24) is 19.8 Å². The van der Waals surface area contributed by atoms with Crippen molar-refractivity contribution in [2.75, 3.05) is 27.2 Å². The lowest BCUT2D eigenvalue weighted by atomic mass is 10.0. The van der Waals surface area contributed by atoms with E-state index in [4.69, 9.17) is 0 Å². The van der Waals surface area contributed by atoms with E-state index in [1.54, 1.807) is 21.0 Å². The van der Waals surface area contributed by atoms with E-state index < -0.39 is 35.8 Å². The summed E-state index contributed by atoms with van der Waals surface area (Å²) in [6.07, 6.45) is -9.07. The Morgan fingerprint density at radius 1 is 1.00 bits per heavy atom. The van der Waals surface area contributed by atoms with Gasteiger partial charge in [0.1, 0.15) is 0 Å². The molecule has 0 unspecified atom stereocenters. The van der Waals surface area contributed by atoms with Gasteiger partial charge in [0.2, 0.25) is 5.91 Å². The molecule has 11 heteroatoms. The molecule has 30 heavy (non-hydrogen) atoms. The normalized spacial score (nSPS) is 12.5. The van der Waals surface area contributed by atoms with E-state index in [-0.39, 0.29) is 24.7 Å². The number of H-pyrrole nitrogens is 1. The minimum atomic E-state index is -4.96. The Hall–Kier alpha value is -2.56. The fraction of sp³-hybridized carbons (Fsp3) is 0.474. The number of imidazole rings is 1. The second-order valence-electron chi connectivity index (χ2n) is 7.18. The molecule has 0 saturated heterocycles. The SMILES string of the molecule is Cc1[nH]cnc1CN(CCN(C)C)C(=O)Cc1cc(C(F)(F)F)cc(C(F)(F)F)c1. The molecule has 166 valence electrons. The summed E-state index contributed by atoms with van der Waals surface area (Å²) in [5, 5.41) is 0. The fourth-order valence-corrected chi connectivity index (χ4v) is 2.75. The van der Waals surface area contributed by atoms with Crippen LogP contribution < -0.4 is 0 Å². The Bertz CT molecular complexity index is 840. The van der Waals surface area contributed by atoms with E-state index in [1.807, 2.05) is 4.90 Å². The van der Waals surface area contributed by atoms with Gasteiger partial charge in [0.05, 0.1) is 36.1 Å². The summed E-state index contributed by atoms with van der Waals surface area (Å²) < 4.78 is 78.3. The largest absolute Gasteiger partial charge is 0.416 e. The summed E-state index contributed by atoms with van der Waals surface area (Å²) in [7, 11) is 3.57. The molecule has 0 aliphatic heterocycles. The number of nitrogens with zero attached hydrogens (tertiary/aromatic N) is 3. The summed E-state index contributed by atoms with van der Waals surface area (Å²) >= 11 is 0. The Morgan fingerprint density at radius 3 is 2.00 bits per heavy atom. The zero-order valence-corrected chi connectivity index (χ0v) is 16.7. The van der Waals surface area contributed by atoms with E-state index in [0.717, 1.165) is 5.69 Å². The van der Waals surface area contributed by atoms with Crippen molar-refractivity contribution < 1.29 is 31.1 Å². The number of carbonyl (C=O) groups is 1. The van der Waals surface area contributed by atoms with Crippen LogP contribution in [0.4, 0.5) is 26.3 Å². The van der Waals surface area contributed by atoms with Crippen molar-refractivity contribution in [1.29, 1.82) is 0 Å². The van der Waals surface area contributed by atoms with Gasteiger partial charge in [0, 0.05) is 18.8 Å². The van der Waals surface area contributed by atoms with Crippen molar-refractivity contribution in [2.45, 2.75) is 32.2 Å². The molecule has 0 fully saturated rings. The minimum Gasteiger partial charge on any atom is -0.348 e. The van der Waals surface area contributed by atoms with Crippen molar-refractivity contribution in [3.63, 3.8) is 0 Å². The number of hydrogen-bond acceptors (Lipinski definition) is 3. The van der Waals surface area contributed by atoms with Gasteiger partial charge in [-0.2, -0.15) is 26.3 Å². The zero-order valence-electron chi connectivity index (χ0n) is 16.7. The first-order chi connectivity index (χ1) is 13.8. The molecule has 2 aromatic rings. The first-order valence-corrected chi connectivity index (χ1v) is 8.97. The van der Waals surface area contributed by atoms with Crippen LogP contribution in [0.15, 0.2) is 24.5 Å². The number of alkyl halides is 6. The number of halogens is 6. The number of likely N-dealkylation sites (N-methyl/N-ethyl adjacent to an activating group) is 1. The van der Waals surface area contributed by atoms with Crippen LogP contribution in [0, 0.1) is 6.92 Å². The number of benzene rings is 1. The van der Waals surface area contributed by atoms with E-state index in [9.17, 15) is 31.1 Å². The highest BCUT2D eigenvalue weighted by Crippen LogP contribution is 2.36. The number of nitrogens with one attached hydrogen (secondary N) is 1. The smallest absolute Gasteiger partial charge is 0.348 e. The number of aryl methyl sites for hydroxylation is 1. The monoisotopic (exact) mass is 436 g/mol. The van der Waals surface area contributed by atoms with Gasteiger partial charge in [-0.25, -0.2) is 4.98 Å². The van der Waals surface area contributed by atoms with Crippen LogP contribution in [0.2, 0.25) is 0 Å². The summed E-state index contributed by atoms with van der Waals surface area (Å²) in [6.45, 7) is 2.54. The number of rotatable bonds is 7. The lowest BCUT2D eigenvalue weighted by Crippen LogP contribution is -2.37. The molecule has 1 N–H and O–H groups in total. The van der Waals surface area contributed by atoms with E-state index >= 15 is 0 Å². The standard InChI is InChI=1S/C19H22F6N4O/c1-12-16(27-11-26-12)10-29(5-4-28(2)3)17(30)8-13-6-14(18(20,21)22)9-15(7-13)19(23,24)25/h6-7,9,11H,4-5,8,10H2,1-3H3,(H,26,27). The van der Waals surface area contributed by atoms with Crippen LogP contribution in [0.1, 0.15) is 28.1 Å². The molecule has 1 aromatic heterocycles. The molecule has 0 radical (unpaired) electrons. The average molecular weight is 436 g/mol. The van der Waals surface area contributed by atoms with Crippen LogP contribution >= 0.6 is 0 Å². The number of aromatic nitrogens is 2. The Morgan fingerprint density at radius 2 is 1.57 bits per heavy atom. The molecule has 0 aliphatic rings. The second-order valence-corrected chi connectivity index (χ2v) is 7.18. The maximum atomic E-state index is 13.1. The van der Waals surface area contributed by atoms with Crippen LogP contribution in [-0.2, 0) is 30.1 Å². The van der Waals surface area contributed by atoms with Crippen LogP contribution in [0.25, 0.3) is 0 Å². The lowest BCUT2D eigenvalue weighted by Gasteiger charge is -2.24. The van der Waals surface area contributed by atoms with Crippen LogP contribution in [0.5, 0.6) is 0 Å². The molecule has 2 rings (SSSR count). The summed E-state index contributed by atoms with van der Waals surface area (Å²) in [5.41, 5.74) is -1.94. The third-order valence-electron chi connectivity index (χ3n) is 4.45. The van der Waals surface area contributed by atoms with Gasteiger partial charge in [-0.1, -0.05) is 0 Å². The molecule has 1 amide bonds. The number of amides is 1. The maximum absolute atomic E-state index is 13.1. The maximum Gasteiger partial charge on any atom is 0.416 e. The number of aromatic amines is 1. The van der Waals surface area contributed by atoms with Gasteiger partial charge in [0.25, 0.3) is 0 Å². The molecule has 1 aromatic carbocycles. The third kappa shape index (κ3) is 6.48. The minimum absolute atomic E-state index is 0.0465. The molecular weight excluding hydrogens is 414 g/mol. The molecular formula is C19H22F6N4O. The van der Waals surface area contributed by atoms with E-state index in [1.165, 1.54) is 11.2 Å². The molecule has 5 nitrogen and oxygen atoms in total. The predicted molar refractivity (Wildman–Crippen MR) is 97.4 cm³/mol. The molecule has 0 bridgehead atoms. The highest BCUT2D eigenvalue weighted by atomic mass is 19.4. The van der Waals surface area contributed by atoms with E-state index in [0.29, 0.717) is 24.4 Å². The highest BCUT2D eigenvalue weighted by Gasteiger charge is 2.37. The third-order valence-corrected chi connectivity index (χ3v) is 4.45. The zero-order chi connectivity index (χ0) is 22.7. The summed E-state index contributed by atoms with van der Waals surface area (Å²) in [6, 6.07) is 1.21. The fourth-order valence-electron chi connectivity index (χ4n) is 2.75. The lowest BCUT2D eigenvalue weighted by molar-refractivity contribution is -0.143. The molecule has 1 heterocycles. The van der Waals surface area contributed by atoms with Crippen LogP contribution in [0.3, 0.4) is 0 Å². The molecule has 0 spiro atoms. The Kier molecular flexibility index (Phi) is 7.17. The summed E-state index contributed by atoms with van der Waals surface area (Å²) in [4.78, 5) is 22.9. The highest BCUT2D eigenvalue weighted by molar-refractivity contribution is 5.79. The number of hydrogen-bond donors (Lipinski definition) is 1. The summed E-state index contributed by atoms with van der Waals surface area (Å²) in [5.74, 6) is -0.591. The second kappa shape index (κ2) is 9.07. The van der Waals surface area contributed by atoms with Gasteiger partial charge >= 0.3 is 12.4 Å². The van der Waals surface area contributed by atoms with Gasteiger partial charge in [-0.15, -0.1) is 0 Å². The molecule has 0 atom stereocenters. The van der Waals surface area contributed by atoms with Crippen LogP contribution in [-0.4, -0.2) is 52.9 Å². The van der Waals surface area contributed by atoms with Crippen molar-refractivity contribution in [3.05, 3.63) is 52.6 Å². The van der Waals surface area contributed by atoms with E-state index in [2.05, 4.69) is 9.97 Å². The molecule has 0 saturated carbocycles. The predicted octanol–water partition coefficient (Wildman–Crippen LogP) is 3.89. The quantitative estimate of drug-likeness (QED) is 0.671. The topological polar surface area (TPSA) is 52.2 Å². The van der Waals surface area contributed by atoms with Gasteiger partial charge in [-0.05, 0) is 44.8 Å². The first kappa shape index (κ1) is 23.7. The first-order valence-electron chi connectivity index (χ1n) is 8.97. The van der Waals surface area contributed by atoms with Crippen molar-refractivity contribution >= 4 is 5.91 Å². The van der Waals surface area contributed by atoms with Crippen molar-refractivity contribution in [3.8, 4) is 0 Å². The Balaban J connectivity index is 2.31. The van der Waals surface area contributed by atoms with Gasteiger partial charge in [-0.3, -0.25) is 4.79 Å². The van der Waals surface area contributed by atoms with Gasteiger partial charge in [0.15, 0.2) is 0 Å². The Labute approximate surface area is 169 Å². The van der Waals surface area contributed by atoms with Gasteiger partial charge < -0.3 is 14.8 Å². The average Bonchev–Trinajstić information content (AvgIpc) is 3.01. The van der Waals surface area contributed by atoms with Crippen molar-refractivity contribution in [2.24, 2.45) is 0 Å². The number of carbonyl (C=O) groups excluding carboxylic acids is 1. The molecule has 0 aliphatic carbocycles.